The topological polar surface area (TPSA) is 59.2 Å². The van der Waals surface area contributed by atoms with Crippen LogP contribution >= 0.6 is 11.3 Å². The van der Waals surface area contributed by atoms with Crippen LogP contribution in [0.15, 0.2) is 16.7 Å². The molecule has 1 atom stereocenters. The van der Waals surface area contributed by atoms with Crippen LogP contribution in [0, 0.1) is 6.92 Å². The first-order chi connectivity index (χ1) is 10.2. The number of aromatic nitrogens is 2. The zero-order valence-electron chi connectivity index (χ0n) is 12.3. The van der Waals surface area contributed by atoms with Crippen LogP contribution in [0.5, 0.6) is 0 Å². The lowest BCUT2D eigenvalue weighted by molar-refractivity contribution is 0.0700. The molecule has 2 aromatic rings. The van der Waals surface area contributed by atoms with Crippen molar-refractivity contribution in [2.75, 3.05) is 13.1 Å². The third kappa shape index (κ3) is 3.00. The number of nitrogens with zero attached hydrogens (tertiary/aromatic N) is 3. The second-order valence-electron chi connectivity index (χ2n) is 5.40. The molecule has 0 radical (unpaired) electrons. The van der Waals surface area contributed by atoms with Crippen LogP contribution in [0.2, 0.25) is 0 Å². The van der Waals surface area contributed by atoms with E-state index in [0.717, 1.165) is 41.4 Å². The van der Waals surface area contributed by atoms with Crippen LogP contribution in [0.1, 0.15) is 51.9 Å². The fourth-order valence-electron chi connectivity index (χ4n) is 2.65. The van der Waals surface area contributed by atoms with Crippen molar-refractivity contribution < 1.29 is 9.32 Å². The van der Waals surface area contributed by atoms with Gasteiger partial charge in [0.25, 0.3) is 5.91 Å². The van der Waals surface area contributed by atoms with Gasteiger partial charge >= 0.3 is 0 Å². The average Bonchev–Trinajstić information content (AvgIpc) is 3.15. The highest BCUT2D eigenvalue weighted by molar-refractivity contribution is 7.13. The molecule has 3 rings (SSSR count). The molecule has 1 fully saturated rings. The number of thiophene rings is 1. The average molecular weight is 305 g/mol. The van der Waals surface area contributed by atoms with E-state index in [1.54, 1.807) is 11.3 Å². The molecule has 3 heterocycles. The predicted molar refractivity (Wildman–Crippen MR) is 80.6 cm³/mol. The molecule has 1 amide bonds. The number of carbonyl (C=O) groups is 1. The SMILES string of the molecule is CCc1noc([C@H]2CCCN(C(=O)c3ccc(C)s3)C2)n1. The van der Waals surface area contributed by atoms with Gasteiger partial charge in [-0.05, 0) is 31.9 Å². The minimum atomic E-state index is 0.119. The maximum absolute atomic E-state index is 12.5. The van der Waals surface area contributed by atoms with E-state index in [1.165, 1.54) is 0 Å². The molecule has 0 unspecified atom stereocenters. The summed E-state index contributed by atoms with van der Waals surface area (Å²) in [6.45, 7) is 5.50. The normalized spacial score (nSPS) is 19.0. The number of carbonyl (C=O) groups excluding carboxylic acids is 1. The lowest BCUT2D eigenvalue weighted by Gasteiger charge is -2.30. The van der Waals surface area contributed by atoms with Gasteiger partial charge in [0.15, 0.2) is 5.82 Å². The molecule has 1 saturated heterocycles. The number of rotatable bonds is 3. The van der Waals surface area contributed by atoms with Crippen molar-refractivity contribution in [1.29, 1.82) is 0 Å². The van der Waals surface area contributed by atoms with Crippen molar-refractivity contribution in [3.05, 3.63) is 33.6 Å². The highest BCUT2D eigenvalue weighted by atomic mass is 32.1. The first kappa shape index (κ1) is 14.3. The Morgan fingerprint density at radius 3 is 3.05 bits per heavy atom. The molecule has 2 aromatic heterocycles. The summed E-state index contributed by atoms with van der Waals surface area (Å²) in [6, 6.07) is 3.90. The molecule has 0 bridgehead atoms. The Kier molecular flexibility index (Phi) is 4.05. The van der Waals surface area contributed by atoms with Crippen LogP contribution < -0.4 is 0 Å². The zero-order chi connectivity index (χ0) is 14.8. The van der Waals surface area contributed by atoms with E-state index < -0.39 is 0 Å². The van der Waals surface area contributed by atoms with Crippen molar-refractivity contribution in [2.24, 2.45) is 0 Å². The van der Waals surface area contributed by atoms with E-state index in [9.17, 15) is 4.79 Å². The molecule has 0 aliphatic carbocycles. The number of hydrogen-bond acceptors (Lipinski definition) is 5. The van der Waals surface area contributed by atoms with Crippen molar-refractivity contribution in [1.82, 2.24) is 15.0 Å². The maximum Gasteiger partial charge on any atom is 0.263 e. The van der Waals surface area contributed by atoms with Crippen molar-refractivity contribution in [3.8, 4) is 0 Å². The minimum absolute atomic E-state index is 0.119. The second-order valence-corrected chi connectivity index (χ2v) is 6.69. The Balaban J connectivity index is 1.72. The first-order valence-corrected chi connectivity index (χ1v) is 8.17. The summed E-state index contributed by atoms with van der Waals surface area (Å²) in [6.07, 6.45) is 2.75. The van der Waals surface area contributed by atoms with Gasteiger partial charge in [0, 0.05) is 24.4 Å². The molecule has 112 valence electrons. The van der Waals surface area contributed by atoms with Gasteiger partial charge in [-0.3, -0.25) is 4.79 Å². The fraction of sp³-hybridized carbons (Fsp3) is 0.533. The second kappa shape index (κ2) is 5.97. The van der Waals surface area contributed by atoms with E-state index in [4.69, 9.17) is 4.52 Å². The van der Waals surface area contributed by atoms with E-state index in [1.807, 2.05) is 30.9 Å². The third-order valence-corrected chi connectivity index (χ3v) is 4.80. The van der Waals surface area contributed by atoms with Gasteiger partial charge in [-0.25, -0.2) is 0 Å². The summed E-state index contributed by atoms with van der Waals surface area (Å²) in [5.74, 6) is 1.69. The highest BCUT2D eigenvalue weighted by Gasteiger charge is 2.29. The van der Waals surface area contributed by atoms with Gasteiger partial charge in [-0.2, -0.15) is 4.98 Å². The van der Waals surface area contributed by atoms with Gasteiger partial charge in [0.1, 0.15) is 0 Å². The molecule has 1 aliphatic heterocycles. The van der Waals surface area contributed by atoms with Crippen molar-refractivity contribution in [2.45, 2.75) is 39.0 Å². The summed E-state index contributed by atoms with van der Waals surface area (Å²) >= 11 is 1.55. The maximum atomic E-state index is 12.5. The number of aryl methyl sites for hydroxylation is 2. The summed E-state index contributed by atoms with van der Waals surface area (Å²) in [5, 5.41) is 3.95. The van der Waals surface area contributed by atoms with Crippen molar-refractivity contribution in [3.63, 3.8) is 0 Å². The van der Waals surface area contributed by atoms with E-state index in [-0.39, 0.29) is 11.8 Å². The molecule has 0 N–H and O–H groups in total. The number of likely N-dealkylation sites (tertiary alicyclic amines) is 1. The Hall–Kier alpha value is -1.69. The predicted octanol–water partition coefficient (Wildman–Crippen LogP) is 3.02. The van der Waals surface area contributed by atoms with Crippen LogP contribution in [0.25, 0.3) is 0 Å². The van der Waals surface area contributed by atoms with Crippen LogP contribution in [0.3, 0.4) is 0 Å². The summed E-state index contributed by atoms with van der Waals surface area (Å²) in [4.78, 5) is 20.8. The molecule has 0 spiro atoms. The lowest BCUT2D eigenvalue weighted by Crippen LogP contribution is -2.38. The quantitative estimate of drug-likeness (QED) is 0.874. The molecule has 21 heavy (non-hydrogen) atoms. The lowest BCUT2D eigenvalue weighted by atomic mass is 9.98. The number of hydrogen-bond donors (Lipinski definition) is 0. The molecule has 0 saturated carbocycles. The summed E-state index contributed by atoms with van der Waals surface area (Å²) in [5.41, 5.74) is 0. The highest BCUT2D eigenvalue weighted by Crippen LogP contribution is 2.27. The van der Waals surface area contributed by atoms with Crippen LogP contribution in [-0.2, 0) is 6.42 Å². The molecular weight excluding hydrogens is 286 g/mol. The van der Waals surface area contributed by atoms with E-state index in [2.05, 4.69) is 10.1 Å². The van der Waals surface area contributed by atoms with E-state index >= 15 is 0 Å². The van der Waals surface area contributed by atoms with Gasteiger partial charge in [0.2, 0.25) is 5.89 Å². The first-order valence-electron chi connectivity index (χ1n) is 7.35. The Labute approximate surface area is 128 Å². The van der Waals surface area contributed by atoms with Gasteiger partial charge in [-0.1, -0.05) is 12.1 Å². The standard InChI is InChI=1S/C15H19N3O2S/c1-3-13-16-14(20-17-13)11-5-4-8-18(9-11)15(19)12-7-6-10(2)21-12/h6-7,11H,3-5,8-9H2,1-2H3/t11-/m0/s1. The summed E-state index contributed by atoms with van der Waals surface area (Å²) < 4.78 is 5.34. The van der Waals surface area contributed by atoms with Gasteiger partial charge in [-0.15, -0.1) is 11.3 Å². The molecular formula is C15H19N3O2S. The largest absolute Gasteiger partial charge is 0.339 e. The monoisotopic (exact) mass is 305 g/mol. The smallest absolute Gasteiger partial charge is 0.263 e. The number of piperidine rings is 1. The Bertz CT molecular complexity index is 634. The molecule has 0 aromatic carbocycles. The Morgan fingerprint density at radius 1 is 1.52 bits per heavy atom. The Morgan fingerprint density at radius 2 is 2.38 bits per heavy atom. The molecule has 1 aliphatic rings. The van der Waals surface area contributed by atoms with Crippen molar-refractivity contribution >= 4 is 17.2 Å². The van der Waals surface area contributed by atoms with Gasteiger partial charge < -0.3 is 9.42 Å². The molecule has 6 heteroatoms. The van der Waals surface area contributed by atoms with Crippen LogP contribution in [0.4, 0.5) is 0 Å². The van der Waals surface area contributed by atoms with Crippen LogP contribution in [-0.4, -0.2) is 34.0 Å². The zero-order valence-corrected chi connectivity index (χ0v) is 13.2. The van der Waals surface area contributed by atoms with E-state index in [0.29, 0.717) is 12.4 Å². The molecule has 5 nitrogen and oxygen atoms in total. The number of amides is 1. The summed E-state index contributed by atoms with van der Waals surface area (Å²) in [7, 11) is 0. The minimum Gasteiger partial charge on any atom is -0.339 e. The third-order valence-electron chi connectivity index (χ3n) is 3.81. The fourth-order valence-corrected chi connectivity index (χ4v) is 3.48. The van der Waals surface area contributed by atoms with Gasteiger partial charge in [0.05, 0.1) is 10.8 Å².